The van der Waals surface area contributed by atoms with E-state index in [0.717, 1.165) is 11.6 Å². The van der Waals surface area contributed by atoms with E-state index >= 15 is 0 Å². The number of hydrogen-bond donors (Lipinski definition) is 1. The van der Waals surface area contributed by atoms with E-state index in [1.54, 1.807) is 0 Å². The van der Waals surface area contributed by atoms with Crippen molar-refractivity contribution in [1.29, 1.82) is 0 Å². The zero-order valence-electron chi connectivity index (χ0n) is 11.4. The number of aryl methyl sites for hydroxylation is 1. The molecule has 7 nitrogen and oxygen atoms in total. The van der Waals surface area contributed by atoms with Crippen molar-refractivity contribution in [2.45, 2.75) is 13.1 Å². The first-order valence-electron chi connectivity index (χ1n) is 6.01. The molecule has 0 fully saturated rings. The minimum Gasteiger partial charge on any atom is -0.506 e. The van der Waals surface area contributed by atoms with Crippen LogP contribution in [0, 0.1) is 0 Å². The number of carbonyl (C=O) groups is 1. The smallest absolute Gasteiger partial charge is 0.451 e. The van der Waals surface area contributed by atoms with Crippen LogP contribution >= 0.6 is 0 Å². The van der Waals surface area contributed by atoms with Crippen molar-refractivity contribution in [1.82, 2.24) is 14.5 Å². The fraction of sp³-hybridized carbons (Fsp3) is 0.333. The maximum Gasteiger partial charge on any atom is 0.451 e. The zero-order valence-corrected chi connectivity index (χ0v) is 11.4. The van der Waals surface area contributed by atoms with E-state index in [4.69, 9.17) is 0 Å². The number of aromatic hydroxyl groups is 1. The summed E-state index contributed by atoms with van der Waals surface area (Å²) in [5.41, 5.74) is -2.15. The van der Waals surface area contributed by atoms with Crippen LogP contribution in [0.1, 0.15) is 23.1 Å². The Morgan fingerprint density at radius 3 is 2.64 bits per heavy atom. The predicted octanol–water partition coefficient (Wildman–Crippen LogP) is 1.23. The number of pyridine rings is 1. The van der Waals surface area contributed by atoms with Crippen LogP contribution in [0.3, 0.4) is 0 Å². The molecule has 0 aliphatic rings. The van der Waals surface area contributed by atoms with E-state index in [0.29, 0.717) is 6.20 Å². The molecule has 0 unspecified atom stereocenters. The average Bonchev–Trinajstić information content (AvgIpc) is 2.44. The first-order chi connectivity index (χ1) is 10.2. The Morgan fingerprint density at radius 2 is 2.09 bits per heavy atom. The Hall–Kier alpha value is -2.65. The van der Waals surface area contributed by atoms with Crippen molar-refractivity contribution in [3.8, 4) is 5.75 Å². The molecule has 0 bridgehead atoms. The predicted molar refractivity (Wildman–Crippen MR) is 67.4 cm³/mol. The molecule has 0 saturated heterocycles. The topological polar surface area (TPSA) is 94.3 Å². The second kappa shape index (κ2) is 5.28. The van der Waals surface area contributed by atoms with E-state index < -0.39 is 40.5 Å². The lowest BCUT2D eigenvalue weighted by Crippen LogP contribution is -2.27. The van der Waals surface area contributed by atoms with E-state index in [9.17, 15) is 27.9 Å². The standard InChI is InChI=1S/C12H10F3N3O4/c1-3-22-10(21)6-7(19)5-4-16-11(12(13,14)15)17-8(5)18(2)9(6)20/h4,19H,3H2,1-2H3. The third kappa shape index (κ3) is 2.47. The first kappa shape index (κ1) is 15.7. The van der Waals surface area contributed by atoms with E-state index in [1.165, 1.54) is 6.92 Å². The molecule has 0 radical (unpaired) electrons. The number of aromatic nitrogens is 3. The van der Waals surface area contributed by atoms with Gasteiger partial charge in [-0.15, -0.1) is 0 Å². The van der Waals surface area contributed by atoms with Crippen LogP contribution in [0.25, 0.3) is 11.0 Å². The lowest BCUT2D eigenvalue weighted by Gasteiger charge is -2.11. The number of esters is 1. The summed E-state index contributed by atoms with van der Waals surface area (Å²) in [6, 6.07) is 0. The Morgan fingerprint density at radius 1 is 1.45 bits per heavy atom. The van der Waals surface area contributed by atoms with Gasteiger partial charge in [0.1, 0.15) is 11.4 Å². The molecule has 22 heavy (non-hydrogen) atoms. The van der Waals surface area contributed by atoms with Gasteiger partial charge in [0.15, 0.2) is 5.56 Å². The molecule has 0 saturated carbocycles. The number of carbonyl (C=O) groups excluding carboxylic acids is 1. The van der Waals surface area contributed by atoms with Gasteiger partial charge in [-0.25, -0.2) is 14.8 Å². The second-order valence-electron chi connectivity index (χ2n) is 4.24. The normalized spacial score (nSPS) is 11.7. The number of ether oxygens (including phenoxy) is 1. The van der Waals surface area contributed by atoms with E-state index in [1.807, 2.05) is 0 Å². The fourth-order valence-electron chi connectivity index (χ4n) is 1.82. The number of halogens is 3. The molecule has 1 N–H and O–H groups in total. The summed E-state index contributed by atoms with van der Waals surface area (Å²) in [7, 11) is 1.12. The molecule has 10 heteroatoms. The number of alkyl halides is 3. The van der Waals surface area contributed by atoms with Crippen molar-refractivity contribution >= 4 is 17.0 Å². The maximum absolute atomic E-state index is 12.6. The van der Waals surface area contributed by atoms with Crippen LogP contribution in [0.4, 0.5) is 13.2 Å². The second-order valence-corrected chi connectivity index (χ2v) is 4.24. The molecule has 2 aromatic heterocycles. The highest BCUT2D eigenvalue weighted by Crippen LogP contribution is 2.30. The summed E-state index contributed by atoms with van der Waals surface area (Å²) in [5.74, 6) is -3.36. The van der Waals surface area contributed by atoms with Gasteiger partial charge in [0, 0.05) is 13.2 Å². The molecule has 118 valence electrons. The molecule has 0 amide bonds. The summed E-state index contributed by atoms with van der Waals surface area (Å²) < 4.78 is 43.2. The van der Waals surface area contributed by atoms with Crippen molar-refractivity contribution in [2.24, 2.45) is 7.05 Å². The van der Waals surface area contributed by atoms with E-state index in [2.05, 4.69) is 14.7 Å². The van der Waals surface area contributed by atoms with Crippen LogP contribution in [0.15, 0.2) is 11.0 Å². The summed E-state index contributed by atoms with van der Waals surface area (Å²) >= 11 is 0. The Labute approximate surface area is 121 Å². The largest absolute Gasteiger partial charge is 0.506 e. The molecule has 0 aromatic carbocycles. The van der Waals surface area contributed by atoms with E-state index in [-0.39, 0.29) is 12.0 Å². The Kier molecular flexibility index (Phi) is 3.77. The van der Waals surface area contributed by atoms with Crippen LogP contribution in [0.2, 0.25) is 0 Å². The molecule has 0 spiro atoms. The molecule has 2 rings (SSSR count). The van der Waals surface area contributed by atoms with Crippen LogP contribution < -0.4 is 5.56 Å². The minimum atomic E-state index is -4.81. The molecular formula is C12H10F3N3O4. The number of fused-ring (bicyclic) bond motifs is 1. The molecule has 0 aliphatic carbocycles. The highest BCUT2D eigenvalue weighted by Gasteiger charge is 2.35. The highest BCUT2D eigenvalue weighted by atomic mass is 19.4. The highest BCUT2D eigenvalue weighted by molar-refractivity contribution is 5.98. The number of nitrogens with zero attached hydrogens (tertiary/aromatic N) is 3. The molecule has 2 heterocycles. The van der Waals surface area contributed by atoms with Crippen molar-refractivity contribution in [3.05, 3.63) is 27.9 Å². The van der Waals surface area contributed by atoms with Crippen LogP contribution in [-0.4, -0.2) is 32.2 Å². The third-order valence-electron chi connectivity index (χ3n) is 2.83. The Balaban J connectivity index is 2.81. The quantitative estimate of drug-likeness (QED) is 0.837. The van der Waals surface area contributed by atoms with Gasteiger partial charge in [-0.2, -0.15) is 13.2 Å². The van der Waals surface area contributed by atoms with Crippen molar-refractivity contribution in [2.75, 3.05) is 6.61 Å². The molecular weight excluding hydrogens is 307 g/mol. The van der Waals surface area contributed by atoms with Gasteiger partial charge in [0.05, 0.1) is 12.0 Å². The molecule has 2 aromatic rings. The zero-order chi connectivity index (χ0) is 16.7. The van der Waals surface area contributed by atoms with Gasteiger partial charge >= 0.3 is 12.1 Å². The molecule has 0 atom stereocenters. The van der Waals surface area contributed by atoms with Crippen molar-refractivity contribution < 1.29 is 27.8 Å². The van der Waals surface area contributed by atoms with Gasteiger partial charge < -0.3 is 9.84 Å². The summed E-state index contributed by atoms with van der Waals surface area (Å²) in [5, 5.41) is 9.70. The summed E-state index contributed by atoms with van der Waals surface area (Å²) in [6.45, 7) is 1.46. The molecule has 0 aliphatic heterocycles. The Bertz CT molecular complexity index is 814. The summed E-state index contributed by atoms with van der Waals surface area (Å²) in [4.78, 5) is 30.1. The van der Waals surface area contributed by atoms with Crippen LogP contribution in [0.5, 0.6) is 5.75 Å². The number of hydrogen-bond acceptors (Lipinski definition) is 6. The maximum atomic E-state index is 12.6. The lowest BCUT2D eigenvalue weighted by atomic mass is 10.2. The average molecular weight is 317 g/mol. The monoisotopic (exact) mass is 317 g/mol. The number of rotatable bonds is 2. The van der Waals surface area contributed by atoms with Crippen LogP contribution in [-0.2, 0) is 18.0 Å². The fourth-order valence-corrected chi connectivity index (χ4v) is 1.82. The summed E-state index contributed by atoms with van der Waals surface area (Å²) in [6.07, 6.45) is -4.11. The van der Waals surface area contributed by atoms with Gasteiger partial charge in [-0.05, 0) is 6.92 Å². The minimum absolute atomic E-state index is 0.0387. The third-order valence-corrected chi connectivity index (χ3v) is 2.83. The first-order valence-corrected chi connectivity index (χ1v) is 6.01. The lowest BCUT2D eigenvalue weighted by molar-refractivity contribution is -0.144. The van der Waals surface area contributed by atoms with Gasteiger partial charge in [0.25, 0.3) is 5.56 Å². The van der Waals surface area contributed by atoms with Gasteiger partial charge in [-0.1, -0.05) is 0 Å². The SMILES string of the molecule is CCOC(=O)c1c(O)c2cnc(C(F)(F)F)nc2n(C)c1=O. The van der Waals surface area contributed by atoms with Gasteiger partial charge in [-0.3, -0.25) is 9.36 Å². The van der Waals surface area contributed by atoms with Gasteiger partial charge in [0.2, 0.25) is 5.82 Å². The van der Waals surface area contributed by atoms with Crippen molar-refractivity contribution in [3.63, 3.8) is 0 Å².